The molecule has 0 heterocycles. The highest BCUT2D eigenvalue weighted by Crippen LogP contribution is 2.42. The number of carbonyl (C=O) groups is 1. The van der Waals surface area contributed by atoms with Gasteiger partial charge in [-0.3, -0.25) is 15.1 Å². The number of hydrogen-bond donors (Lipinski definition) is 2. The van der Waals surface area contributed by atoms with Crippen LogP contribution in [0.5, 0.6) is 0 Å². The Morgan fingerprint density at radius 1 is 1.32 bits per heavy atom. The largest absolute Gasteiger partial charge is 0.496 e. The zero-order chi connectivity index (χ0) is 25.0. The maximum absolute atomic E-state index is 13.3. The van der Waals surface area contributed by atoms with Gasteiger partial charge in [0.25, 0.3) is 5.91 Å². The standard InChI is InChI=1S/C28H36N4O2/c1-6-7-13-24(34-5)26(21(2)3)27(33)31-19-28(23-11-9-8-10-12-23)16-14-22(15-17-28)18-25(30-4)32-20-29/h6-13,22H,1-2,14-19H2,3-5H3,(H,30,32)(H,31,33)/b13-7-,26-24-. The predicted molar refractivity (Wildman–Crippen MR) is 138 cm³/mol. The van der Waals surface area contributed by atoms with Crippen molar-refractivity contribution in [2.75, 3.05) is 20.7 Å². The topological polar surface area (TPSA) is 86.5 Å². The Morgan fingerprint density at radius 3 is 2.53 bits per heavy atom. The summed E-state index contributed by atoms with van der Waals surface area (Å²) < 4.78 is 5.46. The van der Waals surface area contributed by atoms with Gasteiger partial charge in [-0.05, 0) is 55.7 Å². The van der Waals surface area contributed by atoms with Gasteiger partial charge >= 0.3 is 0 Å². The minimum atomic E-state index is -0.200. The van der Waals surface area contributed by atoms with Crippen LogP contribution in [0, 0.1) is 17.4 Å². The molecule has 6 nitrogen and oxygen atoms in total. The fourth-order valence-electron chi connectivity index (χ4n) is 4.59. The molecule has 1 saturated carbocycles. The first-order valence-corrected chi connectivity index (χ1v) is 11.6. The SMILES string of the molecule is C=C/C=C\C(OC)=C(/C(=C)C)C(=O)NCC1(c2ccccc2)CCC(CC(=NC)NC#N)CC1. The quantitative estimate of drug-likeness (QED) is 0.0985. The van der Waals surface area contributed by atoms with Crippen LogP contribution in [0.15, 0.2) is 83.6 Å². The van der Waals surface area contributed by atoms with Crippen molar-refractivity contribution >= 4 is 11.7 Å². The van der Waals surface area contributed by atoms with Gasteiger partial charge in [-0.1, -0.05) is 55.6 Å². The molecular formula is C28H36N4O2. The van der Waals surface area contributed by atoms with Gasteiger partial charge in [-0.25, -0.2) is 0 Å². The number of amidine groups is 1. The van der Waals surface area contributed by atoms with Gasteiger partial charge in [0.15, 0.2) is 6.19 Å². The van der Waals surface area contributed by atoms with E-state index in [4.69, 9.17) is 10.00 Å². The number of rotatable bonds is 10. The Kier molecular flexibility index (Phi) is 10.3. The highest BCUT2D eigenvalue weighted by Gasteiger charge is 2.37. The van der Waals surface area contributed by atoms with Crippen LogP contribution in [0.3, 0.4) is 0 Å². The summed E-state index contributed by atoms with van der Waals surface area (Å²) in [7, 11) is 3.25. The van der Waals surface area contributed by atoms with Crippen LogP contribution in [-0.4, -0.2) is 32.4 Å². The van der Waals surface area contributed by atoms with E-state index in [1.807, 2.05) is 24.4 Å². The monoisotopic (exact) mass is 460 g/mol. The van der Waals surface area contributed by atoms with Crippen LogP contribution >= 0.6 is 0 Å². The van der Waals surface area contributed by atoms with Crippen LogP contribution in [-0.2, 0) is 14.9 Å². The van der Waals surface area contributed by atoms with Gasteiger partial charge < -0.3 is 10.1 Å². The molecule has 0 saturated heterocycles. The van der Waals surface area contributed by atoms with E-state index in [-0.39, 0.29) is 11.3 Å². The van der Waals surface area contributed by atoms with Gasteiger partial charge in [0.2, 0.25) is 0 Å². The Morgan fingerprint density at radius 2 is 2.00 bits per heavy atom. The number of nitrogens with zero attached hydrogens (tertiary/aromatic N) is 2. The molecule has 1 amide bonds. The number of amides is 1. The van der Waals surface area contributed by atoms with Crippen LogP contribution < -0.4 is 10.6 Å². The van der Waals surface area contributed by atoms with Gasteiger partial charge in [-0.2, -0.15) is 5.26 Å². The van der Waals surface area contributed by atoms with Crippen molar-refractivity contribution in [1.29, 1.82) is 5.26 Å². The maximum Gasteiger partial charge on any atom is 0.255 e. The molecule has 1 fully saturated rings. The number of nitrogens with one attached hydrogen (secondary N) is 2. The number of nitriles is 1. The van der Waals surface area contributed by atoms with E-state index in [0.717, 1.165) is 37.9 Å². The lowest BCUT2D eigenvalue weighted by molar-refractivity contribution is -0.117. The third-order valence-electron chi connectivity index (χ3n) is 6.49. The van der Waals surface area contributed by atoms with Crippen molar-refractivity contribution in [3.8, 4) is 6.19 Å². The highest BCUT2D eigenvalue weighted by atomic mass is 16.5. The summed E-state index contributed by atoms with van der Waals surface area (Å²) in [6.45, 7) is 9.99. The molecule has 0 spiro atoms. The summed E-state index contributed by atoms with van der Waals surface area (Å²) in [6.07, 6.45) is 11.7. The van der Waals surface area contributed by atoms with E-state index in [9.17, 15) is 4.79 Å². The predicted octanol–water partition coefficient (Wildman–Crippen LogP) is 4.94. The molecule has 34 heavy (non-hydrogen) atoms. The molecule has 2 N–H and O–H groups in total. The van der Waals surface area contributed by atoms with E-state index >= 15 is 0 Å². The zero-order valence-electron chi connectivity index (χ0n) is 20.6. The maximum atomic E-state index is 13.3. The second-order valence-corrected chi connectivity index (χ2v) is 8.70. The van der Waals surface area contributed by atoms with Crippen molar-refractivity contribution in [2.45, 2.75) is 44.4 Å². The van der Waals surface area contributed by atoms with Gasteiger partial charge in [0.05, 0.1) is 12.7 Å². The smallest absolute Gasteiger partial charge is 0.255 e. The second-order valence-electron chi connectivity index (χ2n) is 8.70. The van der Waals surface area contributed by atoms with Crippen molar-refractivity contribution in [3.63, 3.8) is 0 Å². The van der Waals surface area contributed by atoms with Crippen LogP contribution in [0.25, 0.3) is 0 Å². The molecule has 0 atom stereocenters. The van der Waals surface area contributed by atoms with E-state index < -0.39 is 0 Å². The average molecular weight is 461 g/mol. The number of aliphatic imine (C=N–C) groups is 1. The molecule has 1 aromatic rings. The van der Waals surface area contributed by atoms with E-state index in [0.29, 0.717) is 29.4 Å². The summed E-state index contributed by atoms with van der Waals surface area (Å²) in [4.78, 5) is 17.5. The normalized spacial score (nSPS) is 21.2. The minimum Gasteiger partial charge on any atom is -0.496 e. The Hall–Kier alpha value is -3.59. The Labute approximate surface area is 203 Å². The molecule has 0 aliphatic heterocycles. The van der Waals surface area contributed by atoms with Crippen molar-refractivity contribution < 1.29 is 9.53 Å². The summed E-state index contributed by atoms with van der Waals surface area (Å²) >= 11 is 0. The Balaban J connectivity index is 2.24. The van der Waals surface area contributed by atoms with E-state index in [1.165, 1.54) is 5.56 Å². The summed E-state index contributed by atoms with van der Waals surface area (Å²) in [5.74, 6) is 1.43. The Bertz CT molecular complexity index is 991. The third-order valence-corrected chi connectivity index (χ3v) is 6.49. The third kappa shape index (κ3) is 6.95. The highest BCUT2D eigenvalue weighted by molar-refractivity contribution is 5.98. The van der Waals surface area contributed by atoms with E-state index in [2.05, 4.69) is 40.9 Å². The first-order valence-electron chi connectivity index (χ1n) is 11.6. The number of carbonyl (C=O) groups excluding carboxylic acids is 1. The number of ether oxygens (including phenoxy) is 1. The lowest BCUT2D eigenvalue weighted by atomic mass is 9.66. The van der Waals surface area contributed by atoms with Crippen LogP contribution in [0.1, 0.15) is 44.6 Å². The number of methoxy groups -OCH3 is 1. The first kappa shape index (κ1) is 26.7. The minimum absolute atomic E-state index is 0.163. The molecular weight excluding hydrogens is 424 g/mol. The number of allylic oxidation sites excluding steroid dienone is 3. The van der Waals surface area contributed by atoms with E-state index in [1.54, 1.807) is 39.3 Å². The fourth-order valence-corrected chi connectivity index (χ4v) is 4.59. The molecule has 2 rings (SSSR count). The summed E-state index contributed by atoms with van der Waals surface area (Å²) in [5.41, 5.74) is 2.14. The summed E-state index contributed by atoms with van der Waals surface area (Å²) in [5, 5.41) is 14.8. The van der Waals surface area contributed by atoms with Gasteiger partial charge in [-0.15, -0.1) is 0 Å². The molecule has 0 unspecified atom stereocenters. The van der Waals surface area contributed by atoms with Crippen molar-refractivity contribution in [1.82, 2.24) is 10.6 Å². The van der Waals surface area contributed by atoms with Crippen LogP contribution in [0.2, 0.25) is 0 Å². The lowest BCUT2D eigenvalue weighted by Crippen LogP contribution is -2.44. The fraction of sp³-hybridized carbons (Fsp3) is 0.393. The first-order chi connectivity index (χ1) is 16.4. The molecule has 180 valence electrons. The number of benzene rings is 1. The second kappa shape index (κ2) is 13.2. The van der Waals surface area contributed by atoms with Crippen LogP contribution in [0.4, 0.5) is 0 Å². The average Bonchev–Trinajstić information content (AvgIpc) is 2.86. The van der Waals surface area contributed by atoms with Crippen molar-refractivity contribution in [3.05, 3.63) is 84.2 Å². The molecule has 1 aliphatic rings. The molecule has 1 aromatic carbocycles. The molecule has 0 radical (unpaired) electrons. The van der Waals surface area contributed by atoms with Gasteiger partial charge in [0.1, 0.15) is 11.6 Å². The molecule has 6 heteroatoms. The molecule has 1 aliphatic carbocycles. The molecule has 0 bridgehead atoms. The van der Waals surface area contributed by atoms with Crippen molar-refractivity contribution in [2.24, 2.45) is 10.9 Å². The lowest BCUT2D eigenvalue weighted by Gasteiger charge is -2.41. The summed E-state index contributed by atoms with van der Waals surface area (Å²) in [6, 6.07) is 10.4. The zero-order valence-corrected chi connectivity index (χ0v) is 20.6. The molecule has 0 aromatic heterocycles. The number of hydrogen-bond acceptors (Lipinski definition) is 4. The van der Waals surface area contributed by atoms with Gasteiger partial charge in [0, 0.05) is 25.4 Å².